The van der Waals surface area contributed by atoms with E-state index in [9.17, 15) is 8.78 Å². The van der Waals surface area contributed by atoms with Gasteiger partial charge in [0.25, 0.3) is 6.43 Å². The van der Waals surface area contributed by atoms with Gasteiger partial charge < -0.3 is 5.73 Å². The van der Waals surface area contributed by atoms with E-state index in [1.165, 1.54) is 18.9 Å². The molecule has 1 aliphatic heterocycles. The Morgan fingerprint density at radius 2 is 2.14 bits per heavy atom. The highest BCUT2D eigenvalue weighted by Crippen LogP contribution is 2.36. The third-order valence-corrected chi connectivity index (χ3v) is 4.43. The molecule has 2 N–H and O–H groups in total. The monoisotopic (exact) mass is 296 g/mol. The van der Waals surface area contributed by atoms with E-state index in [-0.39, 0.29) is 11.6 Å². The minimum Gasteiger partial charge on any atom is -0.330 e. The van der Waals surface area contributed by atoms with Crippen molar-refractivity contribution < 1.29 is 8.78 Å². The number of benzene rings is 1. The number of likely N-dealkylation sites (tertiary alicyclic amines) is 1. The lowest BCUT2D eigenvalue weighted by Crippen LogP contribution is -2.36. The van der Waals surface area contributed by atoms with Crippen LogP contribution in [0.25, 0.3) is 0 Å². The summed E-state index contributed by atoms with van der Waals surface area (Å²) in [5.74, 6) is 0.354. The standard InChI is InChI=1S/C17H26F2N2/c1-2-9-21-10-4-3-6-15(12-20)16(21)13-7-5-8-14(11-13)17(18)19/h5,7-8,11,15-17H,2-4,6,9-10,12,20H2,1H3. The maximum atomic E-state index is 13.0. The van der Waals surface area contributed by atoms with E-state index in [0.717, 1.165) is 31.5 Å². The van der Waals surface area contributed by atoms with Crippen LogP contribution in [0.5, 0.6) is 0 Å². The predicted molar refractivity (Wildman–Crippen MR) is 82.4 cm³/mol. The highest BCUT2D eigenvalue weighted by molar-refractivity contribution is 5.27. The Morgan fingerprint density at radius 3 is 2.81 bits per heavy atom. The zero-order chi connectivity index (χ0) is 15.2. The average molecular weight is 296 g/mol. The molecule has 1 aliphatic rings. The molecule has 1 aromatic carbocycles. The van der Waals surface area contributed by atoms with E-state index >= 15 is 0 Å². The van der Waals surface area contributed by atoms with Crippen molar-refractivity contribution in [3.05, 3.63) is 35.4 Å². The molecule has 118 valence electrons. The Hall–Kier alpha value is -1.00. The van der Waals surface area contributed by atoms with Crippen molar-refractivity contribution in [2.24, 2.45) is 11.7 Å². The number of alkyl halides is 2. The van der Waals surface area contributed by atoms with Gasteiger partial charge in [0, 0.05) is 11.6 Å². The summed E-state index contributed by atoms with van der Waals surface area (Å²) in [6.07, 6.45) is 2.09. The zero-order valence-corrected chi connectivity index (χ0v) is 12.8. The first-order valence-corrected chi connectivity index (χ1v) is 7.99. The van der Waals surface area contributed by atoms with Gasteiger partial charge >= 0.3 is 0 Å². The molecular weight excluding hydrogens is 270 g/mol. The molecule has 0 aliphatic carbocycles. The van der Waals surface area contributed by atoms with Crippen molar-refractivity contribution in [2.45, 2.75) is 45.1 Å². The van der Waals surface area contributed by atoms with Crippen LogP contribution in [0.15, 0.2) is 24.3 Å². The van der Waals surface area contributed by atoms with E-state index in [2.05, 4.69) is 11.8 Å². The molecule has 0 amide bonds. The summed E-state index contributed by atoms with van der Waals surface area (Å²) in [5, 5.41) is 0. The number of hydrogen-bond acceptors (Lipinski definition) is 2. The van der Waals surface area contributed by atoms with Crippen molar-refractivity contribution in [2.75, 3.05) is 19.6 Å². The third kappa shape index (κ3) is 4.01. The Morgan fingerprint density at radius 1 is 1.33 bits per heavy atom. The molecule has 4 heteroatoms. The molecule has 0 radical (unpaired) electrons. The number of nitrogens with two attached hydrogens (primary N) is 1. The minimum atomic E-state index is -2.41. The maximum Gasteiger partial charge on any atom is 0.263 e. The lowest BCUT2D eigenvalue weighted by molar-refractivity contribution is 0.147. The fourth-order valence-corrected chi connectivity index (χ4v) is 3.46. The molecule has 1 aromatic rings. The summed E-state index contributed by atoms with van der Waals surface area (Å²) >= 11 is 0. The molecule has 2 unspecified atom stereocenters. The molecule has 2 nitrogen and oxygen atoms in total. The largest absolute Gasteiger partial charge is 0.330 e. The van der Waals surface area contributed by atoms with E-state index in [1.54, 1.807) is 12.1 Å². The summed E-state index contributed by atoms with van der Waals surface area (Å²) in [4.78, 5) is 2.44. The molecule has 0 saturated carbocycles. The fourth-order valence-electron chi connectivity index (χ4n) is 3.46. The van der Waals surface area contributed by atoms with Gasteiger partial charge in [0.15, 0.2) is 0 Å². The second kappa shape index (κ2) is 7.85. The molecule has 0 aromatic heterocycles. The molecule has 1 heterocycles. The predicted octanol–water partition coefficient (Wildman–Crippen LogP) is 4.14. The summed E-state index contributed by atoms with van der Waals surface area (Å²) in [7, 11) is 0. The fraction of sp³-hybridized carbons (Fsp3) is 0.647. The van der Waals surface area contributed by atoms with Gasteiger partial charge in [0.1, 0.15) is 0 Å². The van der Waals surface area contributed by atoms with Crippen molar-refractivity contribution in [1.29, 1.82) is 0 Å². The zero-order valence-electron chi connectivity index (χ0n) is 12.8. The van der Waals surface area contributed by atoms with Crippen LogP contribution in [0.4, 0.5) is 8.78 Å². The molecule has 1 fully saturated rings. The van der Waals surface area contributed by atoms with Gasteiger partial charge in [-0.05, 0) is 56.4 Å². The van der Waals surface area contributed by atoms with Crippen LogP contribution in [0.1, 0.15) is 56.2 Å². The smallest absolute Gasteiger partial charge is 0.263 e. The summed E-state index contributed by atoms with van der Waals surface area (Å²) in [6.45, 7) is 4.81. The Bertz CT molecular complexity index is 437. The van der Waals surface area contributed by atoms with E-state index in [1.807, 2.05) is 6.07 Å². The molecule has 21 heavy (non-hydrogen) atoms. The van der Waals surface area contributed by atoms with Gasteiger partial charge in [-0.1, -0.05) is 31.5 Å². The SMILES string of the molecule is CCCN1CCCCC(CN)C1c1cccc(C(F)F)c1. The number of rotatable bonds is 5. The lowest BCUT2D eigenvalue weighted by Gasteiger charge is -2.35. The molecular formula is C17H26F2N2. The van der Waals surface area contributed by atoms with Gasteiger partial charge in [-0.15, -0.1) is 0 Å². The molecule has 0 bridgehead atoms. The maximum absolute atomic E-state index is 13.0. The Labute approximate surface area is 126 Å². The van der Waals surface area contributed by atoms with Crippen molar-refractivity contribution in [3.63, 3.8) is 0 Å². The van der Waals surface area contributed by atoms with E-state index < -0.39 is 6.43 Å². The number of hydrogen-bond donors (Lipinski definition) is 1. The van der Waals surface area contributed by atoms with Gasteiger partial charge in [0.2, 0.25) is 0 Å². The quantitative estimate of drug-likeness (QED) is 0.885. The highest BCUT2D eigenvalue weighted by Gasteiger charge is 2.30. The number of halogens is 2. The molecule has 2 rings (SSSR count). The molecule has 0 spiro atoms. The van der Waals surface area contributed by atoms with Crippen LogP contribution in [0.2, 0.25) is 0 Å². The normalized spacial score (nSPS) is 24.2. The van der Waals surface area contributed by atoms with E-state index in [0.29, 0.717) is 12.5 Å². The van der Waals surface area contributed by atoms with Gasteiger partial charge in [-0.25, -0.2) is 8.78 Å². The van der Waals surface area contributed by atoms with Crippen LogP contribution >= 0.6 is 0 Å². The van der Waals surface area contributed by atoms with Crippen molar-refractivity contribution >= 4 is 0 Å². The molecule has 1 saturated heterocycles. The second-order valence-electron chi connectivity index (χ2n) is 5.94. The lowest BCUT2D eigenvalue weighted by atomic mass is 9.88. The van der Waals surface area contributed by atoms with Crippen LogP contribution in [-0.2, 0) is 0 Å². The summed E-state index contributed by atoms with van der Waals surface area (Å²) in [6, 6.07) is 7.08. The van der Waals surface area contributed by atoms with Crippen molar-refractivity contribution in [3.8, 4) is 0 Å². The Kier molecular flexibility index (Phi) is 6.12. The van der Waals surface area contributed by atoms with Gasteiger partial charge in [-0.2, -0.15) is 0 Å². The minimum absolute atomic E-state index is 0.115. The van der Waals surface area contributed by atoms with Gasteiger partial charge in [0.05, 0.1) is 0 Å². The van der Waals surface area contributed by atoms with Crippen LogP contribution < -0.4 is 5.73 Å². The third-order valence-electron chi connectivity index (χ3n) is 4.43. The van der Waals surface area contributed by atoms with Crippen LogP contribution in [0.3, 0.4) is 0 Å². The van der Waals surface area contributed by atoms with Gasteiger partial charge in [-0.3, -0.25) is 4.90 Å². The number of nitrogens with zero attached hydrogens (tertiary/aromatic N) is 1. The first-order valence-electron chi connectivity index (χ1n) is 7.99. The summed E-state index contributed by atoms with van der Waals surface area (Å²) in [5.41, 5.74) is 7.10. The highest BCUT2D eigenvalue weighted by atomic mass is 19.3. The van der Waals surface area contributed by atoms with Crippen LogP contribution in [0, 0.1) is 5.92 Å². The summed E-state index contributed by atoms with van der Waals surface area (Å²) < 4.78 is 26.0. The Balaban J connectivity index is 2.34. The van der Waals surface area contributed by atoms with E-state index in [4.69, 9.17) is 5.73 Å². The van der Waals surface area contributed by atoms with Crippen molar-refractivity contribution in [1.82, 2.24) is 4.90 Å². The first kappa shape index (κ1) is 16.4. The average Bonchev–Trinajstić information content (AvgIpc) is 2.69. The van der Waals surface area contributed by atoms with Crippen LogP contribution in [-0.4, -0.2) is 24.5 Å². The second-order valence-corrected chi connectivity index (χ2v) is 5.94. The topological polar surface area (TPSA) is 29.3 Å². The molecule has 2 atom stereocenters. The first-order chi connectivity index (χ1) is 10.2.